The van der Waals surface area contributed by atoms with E-state index in [4.69, 9.17) is 16.3 Å². The zero-order valence-electron chi connectivity index (χ0n) is 11.8. The molecule has 1 aliphatic heterocycles. The van der Waals surface area contributed by atoms with Crippen LogP contribution in [0.5, 0.6) is 5.75 Å². The summed E-state index contributed by atoms with van der Waals surface area (Å²) in [6, 6.07) is 12.6. The highest BCUT2D eigenvalue weighted by Gasteiger charge is 2.18. The Labute approximate surface area is 138 Å². The van der Waals surface area contributed by atoms with Crippen LogP contribution >= 0.6 is 27.5 Å². The highest BCUT2D eigenvalue weighted by atomic mass is 79.9. The highest BCUT2D eigenvalue weighted by Crippen LogP contribution is 2.32. The van der Waals surface area contributed by atoms with Gasteiger partial charge in [0, 0.05) is 15.9 Å². The quantitative estimate of drug-likeness (QED) is 0.844. The van der Waals surface area contributed by atoms with Gasteiger partial charge in [-0.05, 0) is 47.5 Å². The molecule has 0 spiro atoms. The maximum absolute atomic E-state index is 6.20. The molecule has 2 aromatic carbocycles. The SMILES string of the molecule is CCNC(c1cc(Cl)cc(Br)c1)c1ccc2c(c1)CCO2. The third-order valence-electron chi connectivity index (χ3n) is 3.67. The number of hydrogen-bond acceptors (Lipinski definition) is 2. The molecule has 1 heterocycles. The van der Waals surface area contributed by atoms with Crippen LogP contribution in [0, 0.1) is 0 Å². The minimum Gasteiger partial charge on any atom is -0.493 e. The molecule has 0 saturated heterocycles. The maximum Gasteiger partial charge on any atom is 0.122 e. The maximum atomic E-state index is 6.20. The Balaban J connectivity index is 2.01. The Morgan fingerprint density at radius 2 is 2.10 bits per heavy atom. The second-order valence-electron chi connectivity index (χ2n) is 5.16. The number of rotatable bonds is 4. The van der Waals surface area contributed by atoms with Crippen LogP contribution in [0.4, 0.5) is 0 Å². The Morgan fingerprint density at radius 1 is 1.24 bits per heavy atom. The van der Waals surface area contributed by atoms with Crippen molar-refractivity contribution in [3.8, 4) is 5.75 Å². The van der Waals surface area contributed by atoms with Crippen molar-refractivity contribution in [2.75, 3.05) is 13.2 Å². The van der Waals surface area contributed by atoms with Gasteiger partial charge in [0.1, 0.15) is 5.75 Å². The predicted octanol–water partition coefficient (Wildman–Crippen LogP) is 4.74. The fourth-order valence-corrected chi connectivity index (χ4v) is 3.65. The molecule has 0 radical (unpaired) electrons. The van der Waals surface area contributed by atoms with Crippen LogP contribution in [0.1, 0.15) is 29.7 Å². The van der Waals surface area contributed by atoms with Crippen molar-refractivity contribution in [1.82, 2.24) is 5.32 Å². The second-order valence-corrected chi connectivity index (χ2v) is 6.51. The van der Waals surface area contributed by atoms with Gasteiger partial charge in [0.15, 0.2) is 0 Å². The normalized spacial score (nSPS) is 14.6. The summed E-state index contributed by atoms with van der Waals surface area (Å²) in [4.78, 5) is 0. The molecule has 1 unspecified atom stereocenters. The largest absolute Gasteiger partial charge is 0.493 e. The van der Waals surface area contributed by atoms with Gasteiger partial charge < -0.3 is 10.1 Å². The van der Waals surface area contributed by atoms with E-state index >= 15 is 0 Å². The molecule has 0 amide bonds. The van der Waals surface area contributed by atoms with Crippen LogP contribution in [-0.4, -0.2) is 13.2 Å². The van der Waals surface area contributed by atoms with Crippen LogP contribution in [-0.2, 0) is 6.42 Å². The molecular weight excluding hydrogens is 350 g/mol. The van der Waals surface area contributed by atoms with E-state index in [1.54, 1.807) is 0 Å². The lowest BCUT2D eigenvalue weighted by atomic mass is 9.96. The molecule has 1 aliphatic rings. The first-order chi connectivity index (χ1) is 10.2. The van der Waals surface area contributed by atoms with Gasteiger partial charge in [0.25, 0.3) is 0 Å². The van der Waals surface area contributed by atoms with Crippen molar-refractivity contribution in [2.24, 2.45) is 0 Å². The second kappa shape index (κ2) is 6.39. The fraction of sp³-hybridized carbons (Fsp3) is 0.294. The van der Waals surface area contributed by atoms with Crippen LogP contribution in [0.15, 0.2) is 40.9 Å². The van der Waals surface area contributed by atoms with Crippen LogP contribution in [0.2, 0.25) is 5.02 Å². The summed E-state index contributed by atoms with van der Waals surface area (Å²) in [7, 11) is 0. The standard InChI is InChI=1S/C17H17BrClNO/c1-2-20-17(13-8-14(18)10-15(19)9-13)12-3-4-16-11(7-12)5-6-21-16/h3-4,7-10,17,20H,2,5-6H2,1H3. The van der Waals surface area contributed by atoms with Crippen molar-refractivity contribution in [2.45, 2.75) is 19.4 Å². The van der Waals surface area contributed by atoms with E-state index in [1.165, 1.54) is 11.1 Å². The van der Waals surface area contributed by atoms with Crippen molar-refractivity contribution in [3.63, 3.8) is 0 Å². The lowest BCUT2D eigenvalue weighted by molar-refractivity contribution is 0.357. The first-order valence-electron chi connectivity index (χ1n) is 7.12. The monoisotopic (exact) mass is 365 g/mol. The van der Waals surface area contributed by atoms with E-state index < -0.39 is 0 Å². The summed E-state index contributed by atoms with van der Waals surface area (Å²) in [6.07, 6.45) is 0.987. The summed E-state index contributed by atoms with van der Waals surface area (Å²) >= 11 is 9.72. The molecule has 1 N–H and O–H groups in total. The zero-order chi connectivity index (χ0) is 14.8. The Hall–Kier alpha value is -1.03. The first-order valence-corrected chi connectivity index (χ1v) is 8.29. The van der Waals surface area contributed by atoms with E-state index in [-0.39, 0.29) is 6.04 Å². The van der Waals surface area contributed by atoms with Crippen LogP contribution in [0.3, 0.4) is 0 Å². The molecule has 0 aliphatic carbocycles. The molecule has 2 aromatic rings. The molecule has 2 nitrogen and oxygen atoms in total. The van der Waals surface area contributed by atoms with Gasteiger partial charge >= 0.3 is 0 Å². The predicted molar refractivity (Wildman–Crippen MR) is 90.3 cm³/mol. The van der Waals surface area contributed by atoms with Crippen molar-refractivity contribution >= 4 is 27.5 Å². The topological polar surface area (TPSA) is 21.3 Å². The van der Waals surface area contributed by atoms with Crippen LogP contribution in [0.25, 0.3) is 0 Å². The highest BCUT2D eigenvalue weighted by molar-refractivity contribution is 9.10. The van der Waals surface area contributed by atoms with E-state index in [0.717, 1.165) is 40.4 Å². The van der Waals surface area contributed by atoms with Gasteiger partial charge in [-0.3, -0.25) is 0 Å². The first kappa shape index (κ1) is 14.9. The number of nitrogens with one attached hydrogen (secondary N) is 1. The van der Waals surface area contributed by atoms with Crippen molar-refractivity contribution in [1.29, 1.82) is 0 Å². The van der Waals surface area contributed by atoms with Gasteiger partial charge in [-0.1, -0.05) is 46.6 Å². The molecule has 110 valence electrons. The Kier molecular flexibility index (Phi) is 4.53. The molecule has 4 heteroatoms. The van der Waals surface area contributed by atoms with Gasteiger partial charge in [0.2, 0.25) is 0 Å². The van der Waals surface area contributed by atoms with Gasteiger partial charge in [-0.15, -0.1) is 0 Å². The lowest BCUT2D eigenvalue weighted by Crippen LogP contribution is -2.22. The van der Waals surface area contributed by atoms with E-state index in [0.29, 0.717) is 0 Å². The molecule has 0 aromatic heterocycles. The van der Waals surface area contributed by atoms with Crippen molar-refractivity contribution in [3.05, 3.63) is 62.6 Å². The number of halogens is 2. The third-order valence-corrected chi connectivity index (χ3v) is 4.35. The summed E-state index contributed by atoms with van der Waals surface area (Å²) < 4.78 is 6.59. The van der Waals surface area contributed by atoms with Gasteiger partial charge in [-0.2, -0.15) is 0 Å². The molecular formula is C17H17BrClNO. The lowest BCUT2D eigenvalue weighted by Gasteiger charge is -2.20. The average Bonchev–Trinajstić information content (AvgIpc) is 2.91. The number of benzene rings is 2. The van der Waals surface area contributed by atoms with Crippen LogP contribution < -0.4 is 10.1 Å². The van der Waals surface area contributed by atoms with E-state index in [9.17, 15) is 0 Å². The summed E-state index contributed by atoms with van der Waals surface area (Å²) in [5.74, 6) is 1.02. The molecule has 0 bridgehead atoms. The minimum absolute atomic E-state index is 0.135. The minimum atomic E-state index is 0.135. The van der Waals surface area contributed by atoms with Crippen molar-refractivity contribution < 1.29 is 4.74 Å². The third kappa shape index (κ3) is 3.25. The van der Waals surface area contributed by atoms with Gasteiger partial charge in [-0.25, -0.2) is 0 Å². The Bertz CT molecular complexity index is 639. The Morgan fingerprint density at radius 3 is 2.86 bits per heavy atom. The fourth-order valence-electron chi connectivity index (χ4n) is 2.76. The summed E-state index contributed by atoms with van der Waals surface area (Å²) in [6.45, 7) is 3.79. The van der Waals surface area contributed by atoms with E-state index in [1.807, 2.05) is 12.1 Å². The molecule has 0 saturated carbocycles. The number of fused-ring (bicyclic) bond motifs is 1. The summed E-state index contributed by atoms with van der Waals surface area (Å²) in [5, 5.41) is 4.28. The van der Waals surface area contributed by atoms with E-state index in [2.05, 4.69) is 52.4 Å². The zero-order valence-corrected chi connectivity index (χ0v) is 14.2. The number of ether oxygens (including phenoxy) is 1. The molecule has 0 fully saturated rings. The summed E-state index contributed by atoms with van der Waals surface area (Å²) in [5.41, 5.74) is 3.70. The average molecular weight is 367 g/mol. The molecule has 3 rings (SSSR count). The molecule has 21 heavy (non-hydrogen) atoms. The smallest absolute Gasteiger partial charge is 0.122 e. The van der Waals surface area contributed by atoms with Gasteiger partial charge in [0.05, 0.1) is 12.6 Å². The molecule has 1 atom stereocenters. The number of hydrogen-bond donors (Lipinski definition) is 1.